The molecule has 1 aliphatic heterocycles. The number of hydrogen-bond donors (Lipinski definition) is 1. The van der Waals surface area contributed by atoms with Gasteiger partial charge in [0.2, 0.25) is 5.91 Å². The highest BCUT2D eigenvalue weighted by molar-refractivity contribution is 5.82. The molecule has 3 fully saturated rings. The zero-order valence-electron chi connectivity index (χ0n) is 10.7. The summed E-state index contributed by atoms with van der Waals surface area (Å²) in [4.78, 5) is 14.7. The van der Waals surface area contributed by atoms with Crippen molar-refractivity contribution in [2.75, 3.05) is 19.6 Å². The van der Waals surface area contributed by atoms with E-state index in [9.17, 15) is 4.79 Å². The van der Waals surface area contributed by atoms with Gasteiger partial charge in [-0.1, -0.05) is 6.42 Å². The molecule has 2 aliphatic carbocycles. The van der Waals surface area contributed by atoms with Crippen LogP contribution in [0.25, 0.3) is 0 Å². The first-order chi connectivity index (χ1) is 8.33. The van der Waals surface area contributed by atoms with E-state index in [-0.39, 0.29) is 6.04 Å². The van der Waals surface area contributed by atoms with Crippen LogP contribution in [0.5, 0.6) is 0 Å². The molecule has 3 rings (SSSR count). The van der Waals surface area contributed by atoms with Crippen LogP contribution >= 0.6 is 0 Å². The summed E-state index contributed by atoms with van der Waals surface area (Å²) in [5.74, 6) is 2.03. The summed E-state index contributed by atoms with van der Waals surface area (Å²) in [5, 5.41) is 3.40. The molecule has 1 heterocycles. The van der Waals surface area contributed by atoms with E-state index in [1.807, 2.05) is 0 Å². The molecule has 0 aromatic heterocycles. The topological polar surface area (TPSA) is 32.3 Å². The number of carbonyl (C=O) groups excluding carboxylic acids is 1. The minimum Gasteiger partial charge on any atom is -0.341 e. The Morgan fingerprint density at radius 3 is 2.12 bits per heavy atom. The summed E-state index contributed by atoms with van der Waals surface area (Å²) in [6.45, 7) is 3.10. The molecule has 1 N–H and O–H groups in total. The first-order valence-electron chi connectivity index (χ1n) is 7.35. The van der Waals surface area contributed by atoms with Gasteiger partial charge in [0.15, 0.2) is 0 Å². The third-order valence-electron chi connectivity index (χ3n) is 4.27. The van der Waals surface area contributed by atoms with Gasteiger partial charge >= 0.3 is 0 Å². The number of rotatable bonds is 5. The molecule has 2 saturated carbocycles. The summed E-state index contributed by atoms with van der Waals surface area (Å²) in [6.07, 6.45) is 8.85. The van der Waals surface area contributed by atoms with Crippen molar-refractivity contribution in [1.82, 2.24) is 10.2 Å². The lowest BCUT2D eigenvalue weighted by molar-refractivity contribution is -0.134. The van der Waals surface area contributed by atoms with Crippen LogP contribution in [-0.2, 0) is 4.79 Å². The molecule has 1 amide bonds. The number of carbonyl (C=O) groups is 1. The molecule has 0 spiro atoms. The van der Waals surface area contributed by atoms with Gasteiger partial charge in [-0.3, -0.25) is 4.79 Å². The average Bonchev–Trinajstić information content (AvgIpc) is 3.23. The summed E-state index contributed by atoms with van der Waals surface area (Å²) >= 11 is 0. The zero-order valence-corrected chi connectivity index (χ0v) is 10.7. The van der Waals surface area contributed by atoms with Gasteiger partial charge < -0.3 is 10.2 Å². The lowest BCUT2D eigenvalue weighted by atomic mass is 10.0. The van der Waals surface area contributed by atoms with E-state index in [4.69, 9.17) is 0 Å². The molecule has 17 heavy (non-hydrogen) atoms. The summed E-state index contributed by atoms with van der Waals surface area (Å²) in [6, 6.07) is 0.126. The Bertz CT molecular complexity index is 264. The number of amides is 1. The van der Waals surface area contributed by atoms with Gasteiger partial charge in [-0.15, -0.1) is 0 Å². The fraction of sp³-hybridized carbons (Fsp3) is 0.929. The molecule has 3 heteroatoms. The van der Waals surface area contributed by atoms with Gasteiger partial charge in [-0.2, -0.15) is 0 Å². The van der Waals surface area contributed by atoms with Crippen molar-refractivity contribution in [2.24, 2.45) is 11.8 Å². The molecule has 3 aliphatic rings. The molecular weight excluding hydrogens is 212 g/mol. The average molecular weight is 236 g/mol. The van der Waals surface area contributed by atoms with Crippen LogP contribution in [0.4, 0.5) is 0 Å². The van der Waals surface area contributed by atoms with Gasteiger partial charge in [-0.25, -0.2) is 0 Å². The van der Waals surface area contributed by atoms with Crippen molar-refractivity contribution in [3.8, 4) is 0 Å². The summed E-state index contributed by atoms with van der Waals surface area (Å²) in [5.41, 5.74) is 0. The quantitative estimate of drug-likeness (QED) is 0.789. The molecule has 0 radical (unpaired) electrons. The first-order valence-corrected chi connectivity index (χ1v) is 7.35. The van der Waals surface area contributed by atoms with Crippen LogP contribution < -0.4 is 5.32 Å². The van der Waals surface area contributed by atoms with E-state index >= 15 is 0 Å². The third-order valence-corrected chi connectivity index (χ3v) is 4.27. The van der Waals surface area contributed by atoms with Crippen molar-refractivity contribution < 1.29 is 4.79 Å². The molecule has 1 atom stereocenters. The predicted molar refractivity (Wildman–Crippen MR) is 67.7 cm³/mol. The number of nitrogens with zero attached hydrogens (tertiary/aromatic N) is 1. The van der Waals surface area contributed by atoms with Crippen LogP contribution in [0.2, 0.25) is 0 Å². The van der Waals surface area contributed by atoms with E-state index in [1.165, 1.54) is 38.5 Å². The molecule has 0 aromatic rings. The first kappa shape index (κ1) is 11.5. The summed E-state index contributed by atoms with van der Waals surface area (Å²) < 4.78 is 0. The summed E-state index contributed by atoms with van der Waals surface area (Å²) in [7, 11) is 0. The minimum absolute atomic E-state index is 0.126. The van der Waals surface area contributed by atoms with Crippen LogP contribution in [0.15, 0.2) is 0 Å². The monoisotopic (exact) mass is 236 g/mol. The molecule has 0 bridgehead atoms. The Hall–Kier alpha value is -0.570. The van der Waals surface area contributed by atoms with Crippen LogP contribution in [0.3, 0.4) is 0 Å². The maximum Gasteiger partial charge on any atom is 0.239 e. The van der Waals surface area contributed by atoms with Gasteiger partial charge in [0.25, 0.3) is 0 Å². The Kier molecular flexibility index (Phi) is 3.37. The highest BCUT2D eigenvalue weighted by Crippen LogP contribution is 2.34. The van der Waals surface area contributed by atoms with Crippen LogP contribution in [0, 0.1) is 11.8 Å². The van der Waals surface area contributed by atoms with E-state index < -0.39 is 0 Å². The van der Waals surface area contributed by atoms with Gasteiger partial charge in [0.1, 0.15) is 0 Å². The SMILES string of the molecule is O=C([C@@H]1CCCCN1)N(CC1CC1)CC1CC1. The second-order valence-corrected chi connectivity index (χ2v) is 6.13. The van der Waals surface area contributed by atoms with Crippen molar-refractivity contribution >= 4 is 5.91 Å². The second kappa shape index (κ2) is 4.97. The Balaban J connectivity index is 1.56. The van der Waals surface area contributed by atoms with Crippen LogP contribution in [0.1, 0.15) is 44.9 Å². The molecular formula is C14H24N2O. The standard InChI is InChI=1S/C14H24N2O/c17-14(13-3-1-2-8-15-13)16(9-11-4-5-11)10-12-6-7-12/h11-13,15H,1-10H2/t13-/m0/s1. The fourth-order valence-corrected chi connectivity index (χ4v) is 2.76. The second-order valence-electron chi connectivity index (χ2n) is 6.13. The Morgan fingerprint density at radius 2 is 1.65 bits per heavy atom. The minimum atomic E-state index is 0.126. The van der Waals surface area contributed by atoms with Crippen LogP contribution in [-0.4, -0.2) is 36.5 Å². The lowest BCUT2D eigenvalue weighted by Gasteiger charge is -2.30. The van der Waals surface area contributed by atoms with Crippen molar-refractivity contribution in [3.63, 3.8) is 0 Å². The molecule has 1 saturated heterocycles. The van der Waals surface area contributed by atoms with Crippen molar-refractivity contribution in [3.05, 3.63) is 0 Å². The highest BCUT2D eigenvalue weighted by Gasteiger charge is 2.34. The molecule has 96 valence electrons. The molecule has 0 unspecified atom stereocenters. The van der Waals surface area contributed by atoms with Crippen molar-refractivity contribution in [1.29, 1.82) is 0 Å². The smallest absolute Gasteiger partial charge is 0.239 e. The Morgan fingerprint density at radius 1 is 1.00 bits per heavy atom. The molecule has 3 nitrogen and oxygen atoms in total. The highest BCUT2D eigenvalue weighted by atomic mass is 16.2. The lowest BCUT2D eigenvalue weighted by Crippen LogP contribution is -2.49. The normalized spacial score (nSPS) is 29.1. The van der Waals surface area contributed by atoms with E-state index in [2.05, 4.69) is 10.2 Å². The van der Waals surface area contributed by atoms with E-state index in [0.717, 1.165) is 37.9 Å². The van der Waals surface area contributed by atoms with Gasteiger partial charge in [-0.05, 0) is 56.9 Å². The largest absolute Gasteiger partial charge is 0.341 e. The van der Waals surface area contributed by atoms with Gasteiger partial charge in [0.05, 0.1) is 6.04 Å². The van der Waals surface area contributed by atoms with Gasteiger partial charge in [0, 0.05) is 13.1 Å². The van der Waals surface area contributed by atoms with E-state index in [1.54, 1.807) is 0 Å². The number of piperidine rings is 1. The fourth-order valence-electron chi connectivity index (χ4n) is 2.76. The maximum absolute atomic E-state index is 12.5. The third kappa shape index (κ3) is 3.21. The van der Waals surface area contributed by atoms with Crippen molar-refractivity contribution in [2.45, 2.75) is 51.0 Å². The number of nitrogens with one attached hydrogen (secondary N) is 1. The maximum atomic E-state index is 12.5. The Labute approximate surface area is 104 Å². The zero-order chi connectivity index (χ0) is 11.7. The molecule has 0 aromatic carbocycles. The van der Waals surface area contributed by atoms with E-state index in [0.29, 0.717) is 5.91 Å². The predicted octanol–water partition coefficient (Wildman–Crippen LogP) is 1.78. The number of hydrogen-bond acceptors (Lipinski definition) is 2.